The Morgan fingerprint density at radius 1 is 0.569 bits per heavy atom. The fourth-order valence-electron chi connectivity index (χ4n) is 8.87. The minimum Gasteiger partial charge on any atom is -0.408 e. The van der Waals surface area contributed by atoms with Crippen molar-refractivity contribution < 1.29 is 49.8 Å². The summed E-state index contributed by atoms with van der Waals surface area (Å²) in [5.41, 5.74) is 2.64. The number of rotatable bonds is 18. The molecular weight excluding hydrogens is 965 g/mol. The molecule has 376 valence electrons. The number of benzene rings is 5. The molecule has 17 nitrogen and oxygen atoms in total. The van der Waals surface area contributed by atoms with Gasteiger partial charge in [0.2, 0.25) is 34.8 Å². The van der Waals surface area contributed by atoms with E-state index in [1.54, 1.807) is 76.2 Å². The second-order valence-electron chi connectivity index (χ2n) is 16.7. The molecule has 0 unspecified atom stereocenters. The number of nitrogens with one attached hydrogen (secondary N) is 2. The topological polar surface area (TPSA) is 193 Å². The van der Waals surface area contributed by atoms with Crippen LogP contribution in [0.3, 0.4) is 0 Å². The van der Waals surface area contributed by atoms with Gasteiger partial charge in [0.1, 0.15) is 48.4 Å². The Morgan fingerprint density at radius 3 is 1.29 bits per heavy atom. The van der Waals surface area contributed by atoms with Crippen LogP contribution in [0.25, 0.3) is 22.2 Å². The SMILES string of the molecule is CCN(C(=O)[C@H](Cc1cc(F)cc(F)c1)NC(=O)CN1c2ccccc2N(CC(=O)N[C@@H](Cc2cc(F)cc(F)c2)C(=O)N(CC)c2ccc3oc(=O)n(CC)c3c2)S1=O)c1ccc2oc(=O)n(CC)c2c1. The van der Waals surface area contributed by atoms with Gasteiger partial charge in [0.15, 0.2) is 11.2 Å². The predicted molar refractivity (Wildman–Crippen MR) is 262 cm³/mol. The third-order valence-corrected chi connectivity index (χ3v) is 13.5. The van der Waals surface area contributed by atoms with Crippen molar-refractivity contribution in [1.82, 2.24) is 19.8 Å². The molecule has 5 aromatic carbocycles. The van der Waals surface area contributed by atoms with E-state index in [-0.39, 0.29) is 72.7 Å². The molecule has 0 bridgehead atoms. The minimum absolute atomic E-state index is 0.0440. The largest absolute Gasteiger partial charge is 0.419 e. The number of hydrogen-bond donors (Lipinski definition) is 2. The summed E-state index contributed by atoms with van der Waals surface area (Å²) in [6, 6.07) is 18.2. The Kier molecular flexibility index (Phi) is 14.8. The fraction of sp³-hybridized carbons (Fsp3) is 0.280. The molecular formula is C50H48F4N8O9S. The quantitative estimate of drug-likeness (QED) is 0.0991. The molecule has 0 saturated heterocycles. The Balaban J connectivity index is 1.03. The molecule has 1 aliphatic rings. The summed E-state index contributed by atoms with van der Waals surface area (Å²) in [5.74, 6) is -7.88. The van der Waals surface area contributed by atoms with Crippen LogP contribution in [0.5, 0.6) is 0 Å². The number of fused-ring (bicyclic) bond motifs is 3. The molecule has 0 fully saturated rings. The van der Waals surface area contributed by atoms with Crippen molar-refractivity contribution in [2.75, 3.05) is 44.6 Å². The highest BCUT2D eigenvalue weighted by atomic mass is 32.2. The van der Waals surface area contributed by atoms with E-state index >= 15 is 0 Å². The normalized spacial score (nSPS) is 13.3. The average Bonchev–Trinajstić information content (AvgIpc) is 3.93. The van der Waals surface area contributed by atoms with Crippen molar-refractivity contribution in [3.63, 3.8) is 0 Å². The standard InChI is InChI=1S/C50H48F4N8O9S/c1-5-57(35-13-15-43-41(25-35)59(7-3)49(67)70-43)47(65)37(21-29-17-31(51)23-32(52)18-29)55-45(63)27-61-39-11-9-10-12-40(39)62(72(61)69)28-46(64)56-38(22-30-19-33(53)24-34(54)20-30)48(66)58(6-2)36-14-16-44-42(26-36)60(8-4)50(68)71-44/h9-20,23-26,37-38H,5-8,21-22,27-28H2,1-4H3,(H,55,63)(H,56,64)/t37-,38-/m0/s1. The number of nitrogens with zero attached hydrogens (tertiary/aromatic N) is 6. The first-order valence-electron chi connectivity index (χ1n) is 22.9. The first kappa shape index (κ1) is 50.4. The predicted octanol–water partition coefficient (Wildman–Crippen LogP) is 5.86. The van der Waals surface area contributed by atoms with Crippen LogP contribution in [0, 0.1) is 23.3 Å². The maximum Gasteiger partial charge on any atom is 0.419 e. The number of oxazole rings is 2. The van der Waals surface area contributed by atoms with E-state index in [1.165, 1.54) is 39.7 Å². The van der Waals surface area contributed by atoms with Gasteiger partial charge >= 0.3 is 11.5 Å². The lowest BCUT2D eigenvalue weighted by molar-refractivity contribution is -0.126. The fourth-order valence-corrected chi connectivity index (χ4v) is 10.2. The van der Waals surface area contributed by atoms with Crippen LogP contribution in [0.15, 0.2) is 115 Å². The molecule has 8 rings (SSSR count). The zero-order chi connectivity index (χ0) is 51.5. The van der Waals surface area contributed by atoms with Crippen molar-refractivity contribution in [2.45, 2.75) is 65.7 Å². The van der Waals surface area contributed by atoms with Gasteiger partial charge in [-0.3, -0.25) is 36.9 Å². The molecule has 0 radical (unpaired) electrons. The molecule has 3 heterocycles. The lowest BCUT2D eigenvalue weighted by atomic mass is 10.0. The van der Waals surface area contributed by atoms with E-state index in [0.717, 1.165) is 24.3 Å². The maximum atomic E-state index is 14.5. The van der Waals surface area contributed by atoms with Crippen molar-refractivity contribution in [3.8, 4) is 0 Å². The van der Waals surface area contributed by atoms with Gasteiger partial charge in [-0.2, -0.15) is 0 Å². The second-order valence-corrected chi connectivity index (χ2v) is 18.0. The van der Waals surface area contributed by atoms with Crippen LogP contribution in [0.2, 0.25) is 0 Å². The third-order valence-electron chi connectivity index (χ3n) is 12.1. The Bertz CT molecular complexity index is 3130. The number of carbonyl (C=O) groups excluding carboxylic acids is 4. The van der Waals surface area contributed by atoms with Crippen LogP contribution in [0.1, 0.15) is 38.8 Å². The molecule has 0 spiro atoms. The minimum atomic E-state index is -2.30. The van der Waals surface area contributed by atoms with Gasteiger partial charge < -0.3 is 29.3 Å². The van der Waals surface area contributed by atoms with Crippen LogP contribution in [-0.4, -0.2) is 75.2 Å². The van der Waals surface area contributed by atoms with E-state index < -0.39 is 94.8 Å². The molecule has 2 aromatic heterocycles. The number of likely N-dealkylation sites (N-methyl/N-ethyl adjacent to an activating group) is 2. The third kappa shape index (κ3) is 10.4. The molecule has 7 aromatic rings. The monoisotopic (exact) mass is 1010 g/mol. The van der Waals surface area contributed by atoms with Crippen LogP contribution < -0.4 is 40.6 Å². The zero-order valence-corrected chi connectivity index (χ0v) is 40.1. The smallest absolute Gasteiger partial charge is 0.408 e. The van der Waals surface area contributed by atoms with Crippen molar-refractivity contribution in [1.29, 1.82) is 0 Å². The number of para-hydroxylation sites is 2. The summed E-state index contributed by atoms with van der Waals surface area (Å²) in [7, 11) is 0. The molecule has 72 heavy (non-hydrogen) atoms. The number of carbonyl (C=O) groups is 4. The van der Waals surface area contributed by atoms with E-state index in [0.29, 0.717) is 34.5 Å². The number of anilines is 4. The second kappa shape index (κ2) is 21.1. The number of aromatic nitrogens is 2. The lowest BCUT2D eigenvalue weighted by Gasteiger charge is -2.28. The number of halogens is 4. The highest BCUT2D eigenvalue weighted by Crippen LogP contribution is 2.38. The van der Waals surface area contributed by atoms with Crippen molar-refractivity contribution >= 4 is 79.7 Å². The first-order valence-corrected chi connectivity index (χ1v) is 24.0. The van der Waals surface area contributed by atoms with Gasteiger partial charge in [-0.15, -0.1) is 0 Å². The lowest BCUT2D eigenvalue weighted by Crippen LogP contribution is -2.53. The van der Waals surface area contributed by atoms with Gasteiger partial charge in [-0.1, -0.05) is 12.1 Å². The summed E-state index contributed by atoms with van der Waals surface area (Å²) in [5, 5.41) is 5.33. The summed E-state index contributed by atoms with van der Waals surface area (Å²) in [4.78, 5) is 84.7. The first-order chi connectivity index (χ1) is 34.5. The summed E-state index contributed by atoms with van der Waals surface area (Å²) in [6.45, 7) is 6.22. The van der Waals surface area contributed by atoms with Gasteiger partial charge in [-0.25, -0.2) is 31.4 Å². The molecule has 2 atom stereocenters. The Labute approximate surface area is 410 Å². The number of hydrogen-bond acceptors (Lipinski definition) is 9. The zero-order valence-electron chi connectivity index (χ0n) is 39.3. The van der Waals surface area contributed by atoms with E-state index in [4.69, 9.17) is 8.83 Å². The molecule has 22 heteroatoms. The average molecular weight is 1010 g/mol. The summed E-state index contributed by atoms with van der Waals surface area (Å²) < 4.78 is 88.1. The molecule has 0 saturated carbocycles. The van der Waals surface area contributed by atoms with Crippen molar-refractivity contribution in [3.05, 3.63) is 153 Å². The Morgan fingerprint density at radius 2 is 0.944 bits per heavy atom. The Hall–Kier alpha value is -8.01. The van der Waals surface area contributed by atoms with E-state index in [9.17, 15) is 50.5 Å². The van der Waals surface area contributed by atoms with E-state index in [1.807, 2.05) is 0 Å². The molecule has 1 aliphatic heterocycles. The van der Waals surface area contributed by atoms with E-state index in [2.05, 4.69) is 10.6 Å². The molecule has 4 amide bonds. The maximum absolute atomic E-state index is 14.5. The summed E-state index contributed by atoms with van der Waals surface area (Å²) in [6.07, 6.45) is -0.741. The highest BCUT2D eigenvalue weighted by molar-refractivity contribution is 7.88. The van der Waals surface area contributed by atoms with Gasteiger partial charge in [-0.05, 0) is 112 Å². The molecule has 2 N–H and O–H groups in total. The van der Waals surface area contributed by atoms with Crippen LogP contribution >= 0.6 is 0 Å². The van der Waals surface area contributed by atoms with Crippen LogP contribution in [0.4, 0.5) is 40.3 Å². The number of aryl methyl sites for hydroxylation is 2. The van der Waals surface area contributed by atoms with Crippen molar-refractivity contribution in [2.24, 2.45) is 0 Å². The van der Waals surface area contributed by atoms with Crippen LogP contribution in [-0.2, 0) is 56.3 Å². The highest BCUT2D eigenvalue weighted by Gasteiger charge is 2.38. The van der Waals surface area contributed by atoms with Gasteiger partial charge in [0.25, 0.3) is 0 Å². The van der Waals surface area contributed by atoms with Gasteiger partial charge in [0.05, 0.1) is 22.4 Å². The van der Waals surface area contributed by atoms with Gasteiger partial charge in [0, 0.05) is 62.5 Å². The molecule has 0 aliphatic carbocycles. The number of amides is 4. The summed E-state index contributed by atoms with van der Waals surface area (Å²) >= 11 is -2.30.